The average molecular weight is 136 g/mol. The fourth-order valence-electron chi connectivity index (χ4n) is 1.07. The number of aryl methyl sites for hydroxylation is 2. The third kappa shape index (κ3) is 1.56. The Morgan fingerprint density at radius 2 is 2.20 bits per heavy atom. The van der Waals surface area contributed by atoms with E-state index in [0.717, 1.165) is 0 Å². The third-order valence-corrected chi connectivity index (χ3v) is 1.67. The third-order valence-electron chi connectivity index (χ3n) is 1.67. The SMILES string of the molecule is CCCc1cccc[n+]1C. The topological polar surface area (TPSA) is 3.88 Å². The molecule has 0 saturated heterocycles. The molecule has 0 N–H and O–H groups in total. The van der Waals surface area contributed by atoms with E-state index in [1.165, 1.54) is 18.5 Å². The second-order valence-corrected chi connectivity index (χ2v) is 2.55. The van der Waals surface area contributed by atoms with Gasteiger partial charge < -0.3 is 0 Å². The first-order valence-corrected chi connectivity index (χ1v) is 3.78. The number of pyridine rings is 1. The molecule has 0 saturated carbocycles. The molecule has 1 aromatic heterocycles. The van der Waals surface area contributed by atoms with Gasteiger partial charge in [-0.2, -0.15) is 0 Å². The maximum atomic E-state index is 2.20. The fraction of sp³-hybridized carbons (Fsp3) is 0.444. The highest BCUT2D eigenvalue weighted by atomic mass is 14.9. The highest BCUT2D eigenvalue weighted by Crippen LogP contribution is 1.93. The number of hydrogen-bond acceptors (Lipinski definition) is 0. The van der Waals surface area contributed by atoms with E-state index < -0.39 is 0 Å². The predicted octanol–water partition coefficient (Wildman–Crippen LogP) is 1.46. The summed E-state index contributed by atoms with van der Waals surface area (Å²) in [5, 5.41) is 0. The molecule has 0 radical (unpaired) electrons. The average Bonchev–Trinajstić information content (AvgIpc) is 1.94. The van der Waals surface area contributed by atoms with Gasteiger partial charge in [0.15, 0.2) is 11.9 Å². The lowest BCUT2D eigenvalue weighted by Gasteiger charge is -1.94. The zero-order valence-corrected chi connectivity index (χ0v) is 6.67. The van der Waals surface area contributed by atoms with Gasteiger partial charge in [-0.15, -0.1) is 0 Å². The van der Waals surface area contributed by atoms with Gasteiger partial charge in [0.25, 0.3) is 0 Å². The summed E-state index contributed by atoms with van der Waals surface area (Å²) >= 11 is 0. The first-order valence-electron chi connectivity index (χ1n) is 3.78. The van der Waals surface area contributed by atoms with Gasteiger partial charge in [-0.3, -0.25) is 0 Å². The molecule has 1 nitrogen and oxygen atoms in total. The van der Waals surface area contributed by atoms with Gasteiger partial charge >= 0.3 is 0 Å². The first-order chi connectivity index (χ1) is 4.84. The van der Waals surface area contributed by atoms with Crippen molar-refractivity contribution in [1.82, 2.24) is 0 Å². The second kappa shape index (κ2) is 3.35. The zero-order chi connectivity index (χ0) is 7.40. The minimum atomic E-state index is 1.18. The summed E-state index contributed by atoms with van der Waals surface area (Å²) in [7, 11) is 2.09. The van der Waals surface area contributed by atoms with Crippen molar-refractivity contribution in [1.29, 1.82) is 0 Å². The van der Waals surface area contributed by atoms with Crippen LogP contribution in [-0.2, 0) is 13.5 Å². The molecular formula is C9H14N+. The van der Waals surface area contributed by atoms with E-state index in [1.54, 1.807) is 0 Å². The van der Waals surface area contributed by atoms with Crippen LogP contribution in [0, 0.1) is 0 Å². The van der Waals surface area contributed by atoms with E-state index in [0.29, 0.717) is 0 Å². The molecule has 1 aromatic rings. The van der Waals surface area contributed by atoms with Gasteiger partial charge in [-0.05, 0) is 6.42 Å². The van der Waals surface area contributed by atoms with Crippen molar-refractivity contribution in [2.24, 2.45) is 7.05 Å². The van der Waals surface area contributed by atoms with Gasteiger partial charge in [0.2, 0.25) is 0 Å². The molecule has 0 amide bonds. The molecule has 54 valence electrons. The molecule has 0 atom stereocenters. The summed E-state index contributed by atoms with van der Waals surface area (Å²) in [6, 6.07) is 6.31. The Morgan fingerprint density at radius 1 is 1.40 bits per heavy atom. The number of rotatable bonds is 2. The van der Waals surface area contributed by atoms with Gasteiger partial charge in [-0.25, -0.2) is 4.57 Å². The number of aromatic nitrogens is 1. The van der Waals surface area contributed by atoms with Crippen molar-refractivity contribution < 1.29 is 4.57 Å². The lowest BCUT2D eigenvalue weighted by molar-refractivity contribution is -0.679. The Kier molecular flexibility index (Phi) is 2.43. The quantitative estimate of drug-likeness (QED) is 0.542. The van der Waals surface area contributed by atoms with Gasteiger partial charge in [-0.1, -0.05) is 13.0 Å². The van der Waals surface area contributed by atoms with E-state index in [2.05, 4.69) is 42.9 Å². The maximum Gasteiger partial charge on any atom is 0.181 e. The van der Waals surface area contributed by atoms with Gasteiger partial charge in [0, 0.05) is 18.6 Å². The van der Waals surface area contributed by atoms with Crippen molar-refractivity contribution in [3.05, 3.63) is 30.1 Å². The molecule has 0 aliphatic carbocycles. The molecule has 1 rings (SSSR count). The lowest BCUT2D eigenvalue weighted by Crippen LogP contribution is -2.32. The van der Waals surface area contributed by atoms with Crippen LogP contribution < -0.4 is 4.57 Å². The Balaban J connectivity index is 2.81. The van der Waals surface area contributed by atoms with Crippen LogP contribution in [-0.4, -0.2) is 0 Å². The van der Waals surface area contributed by atoms with Crippen LogP contribution in [0.15, 0.2) is 24.4 Å². The van der Waals surface area contributed by atoms with Crippen LogP contribution in [0.5, 0.6) is 0 Å². The molecule has 0 unspecified atom stereocenters. The molecule has 10 heavy (non-hydrogen) atoms. The predicted molar refractivity (Wildman–Crippen MR) is 41.6 cm³/mol. The van der Waals surface area contributed by atoms with Crippen LogP contribution >= 0.6 is 0 Å². The monoisotopic (exact) mass is 136 g/mol. The maximum absolute atomic E-state index is 2.20. The normalized spacial score (nSPS) is 9.80. The van der Waals surface area contributed by atoms with E-state index >= 15 is 0 Å². The Hall–Kier alpha value is -0.850. The summed E-state index contributed by atoms with van der Waals surface area (Å²) < 4.78 is 2.17. The number of nitrogens with zero attached hydrogens (tertiary/aromatic N) is 1. The van der Waals surface area contributed by atoms with Crippen LogP contribution in [0.4, 0.5) is 0 Å². The van der Waals surface area contributed by atoms with E-state index in [-0.39, 0.29) is 0 Å². The van der Waals surface area contributed by atoms with Crippen LogP contribution in [0.1, 0.15) is 19.0 Å². The van der Waals surface area contributed by atoms with Crippen LogP contribution in [0.25, 0.3) is 0 Å². The summed E-state index contributed by atoms with van der Waals surface area (Å²) in [5.41, 5.74) is 1.41. The molecule has 0 bridgehead atoms. The van der Waals surface area contributed by atoms with Crippen molar-refractivity contribution in [3.8, 4) is 0 Å². The molecule has 1 heteroatoms. The van der Waals surface area contributed by atoms with Gasteiger partial charge in [0.1, 0.15) is 7.05 Å². The van der Waals surface area contributed by atoms with Crippen LogP contribution in [0.2, 0.25) is 0 Å². The minimum Gasteiger partial charge on any atom is -0.205 e. The van der Waals surface area contributed by atoms with Crippen molar-refractivity contribution in [2.75, 3.05) is 0 Å². The summed E-state index contributed by atoms with van der Waals surface area (Å²) in [5.74, 6) is 0. The molecule has 0 aliphatic heterocycles. The molecule has 1 heterocycles. The molecule has 0 aromatic carbocycles. The highest BCUT2D eigenvalue weighted by Gasteiger charge is 2.00. The smallest absolute Gasteiger partial charge is 0.181 e. The van der Waals surface area contributed by atoms with Gasteiger partial charge in [0.05, 0.1) is 0 Å². The molecular weight excluding hydrogens is 122 g/mol. The van der Waals surface area contributed by atoms with E-state index in [9.17, 15) is 0 Å². The van der Waals surface area contributed by atoms with Crippen molar-refractivity contribution in [3.63, 3.8) is 0 Å². The standard InChI is InChI=1S/C9H14N/c1-3-6-9-7-4-5-8-10(9)2/h4-5,7-8H,3,6H2,1-2H3/q+1. The van der Waals surface area contributed by atoms with Crippen LogP contribution in [0.3, 0.4) is 0 Å². The summed E-state index contributed by atoms with van der Waals surface area (Å²) in [6.07, 6.45) is 4.49. The molecule has 0 spiro atoms. The summed E-state index contributed by atoms with van der Waals surface area (Å²) in [6.45, 7) is 2.20. The minimum absolute atomic E-state index is 1.18. The number of hydrogen-bond donors (Lipinski definition) is 0. The van der Waals surface area contributed by atoms with E-state index in [4.69, 9.17) is 0 Å². The Bertz CT molecular complexity index is 206. The van der Waals surface area contributed by atoms with Crippen molar-refractivity contribution >= 4 is 0 Å². The highest BCUT2D eigenvalue weighted by molar-refractivity contribution is 4.96. The molecule has 0 aliphatic rings. The largest absolute Gasteiger partial charge is 0.205 e. The van der Waals surface area contributed by atoms with Crippen molar-refractivity contribution in [2.45, 2.75) is 19.8 Å². The first kappa shape index (κ1) is 7.26. The second-order valence-electron chi connectivity index (χ2n) is 2.55. The Labute approximate surface area is 62.3 Å². The van der Waals surface area contributed by atoms with E-state index in [1.807, 2.05) is 0 Å². The molecule has 0 fully saturated rings. The lowest BCUT2D eigenvalue weighted by atomic mass is 10.2. The zero-order valence-electron chi connectivity index (χ0n) is 6.67. The summed E-state index contributed by atoms with van der Waals surface area (Å²) in [4.78, 5) is 0. The fourth-order valence-corrected chi connectivity index (χ4v) is 1.07. The Morgan fingerprint density at radius 3 is 2.80 bits per heavy atom.